The SMILES string of the molecule is c1ccc(-c2nc(-c3ccccc3)nc(-c3ccc4c(ccc5sc(-c6ccc7ccccc7c6)nc54)c3)n2)cc1. The van der Waals surface area contributed by atoms with Crippen LogP contribution in [0.4, 0.5) is 0 Å². The van der Waals surface area contributed by atoms with Crippen molar-refractivity contribution in [3.05, 3.63) is 133 Å². The Morgan fingerprint density at radius 1 is 0.390 bits per heavy atom. The van der Waals surface area contributed by atoms with E-state index >= 15 is 0 Å². The molecule has 2 aromatic heterocycles. The average Bonchev–Trinajstić information content (AvgIpc) is 3.50. The van der Waals surface area contributed by atoms with Crippen LogP contribution in [0.15, 0.2) is 133 Å². The van der Waals surface area contributed by atoms with E-state index in [1.54, 1.807) is 11.3 Å². The molecule has 0 fully saturated rings. The van der Waals surface area contributed by atoms with Crippen molar-refractivity contribution in [3.8, 4) is 44.7 Å². The molecule has 0 bridgehead atoms. The molecule has 0 amide bonds. The summed E-state index contributed by atoms with van der Waals surface area (Å²) in [7, 11) is 0. The topological polar surface area (TPSA) is 51.6 Å². The smallest absolute Gasteiger partial charge is 0.164 e. The Labute approximate surface area is 240 Å². The van der Waals surface area contributed by atoms with Gasteiger partial charge in [-0.15, -0.1) is 11.3 Å². The number of thiazole rings is 1. The molecule has 0 aliphatic carbocycles. The summed E-state index contributed by atoms with van der Waals surface area (Å²) < 4.78 is 1.17. The highest BCUT2D eigenvalue weighted by Crippen LogP contribution is 2.36. The van der Waals surface area contributed by atoms with E-state index in [2.05, 4.69) is 72.8 Å². The van der Waals surface area contributed by atoms with Crippen LogP contribution in [-0.4, -0.2) is 19.9 Å². The molecular weight excluding hydrogens is 520 g/mol. The van der Waals surface area contributed by atoms with Crippen LogP contribution in [0.5, 0.6) is 0 Å². The van der Waals surface area contributed by atoms with E-state index in [9.17, 15) is 0 Å². The zero-order chi connectivity index (χ0) is 27.2. The Kier molecular flexibility index (Phi) is 5.61. The summed E-state index contributed by atoms with van der Waals surface area (Å²) in [4.78, 5) is 19.7. The molecule has 192 valence electrons. The van der Waals surface area contributed by atoms with Gasteiger partial charge in [-0.25, -0.2) is 19.9 Å². The van der Waals surface area contributed by atoms with E-state index in [1.807, 2.05) is 60.7 Å². The molecule has 0 aliphatic heterocycles. The standard InChI is InChI=1S/C36H22N4S/c1-3-10-24(11-4-1)33-38-34(25-12-5-2-6-13-25)40-35(39-33)28-17-19-30-27(22-28)18-20-31-32(30)37-36(41-31)29-16-15-23-9-7-8-14-26(23)21-29/h1-22H. The zero-order valence-electron chi connectivity index (χ0n) is 21.9. The van der Waals surface area contributed by atoms with Crippen molar-refractivity contribution in [1.82, 2.24) is 19.9 Å². The predicted octanol–water partition coefficient (Wildman–Crippen LogP) is 9.46. The molecule has 2 heterocycles. The summed E-state index contributed by atoms with van der Waals surface area (Å²) in [5.74, 6) is 1.96. The van der Waals surface area contributed by atoms with Crippen molar-refractivity contribution in [2.45, 2.75) is 0 Å². The van der Waals surface area contributed by atoms with Crippen molar-refractivity contribution >= 4 is 43.1 Å². The lowest BCUT2D eigenvalue weighted by atomic mass is 10.1. The molecule has 0 radical (unpaired) electrons. The third-order valence-electron chi connectivity index (χ3n) is 7.33. The molecule has 0 saturated carbocycles. The van der Waals surface area contributed by atoms with Gasteiger partial charge in [-0.05, 0) is 34.4 Å². The van der Waals surface area contributed by atoms with Crippen molar-refractivity contribution in [1.29, 1.82) is 0 Å². The van der Waals surface area contributed by atoms with Crippen LogP contribution in [0.25, 0.3) is 76.5 Å². The fourth-order valence-electron chi connectivity index (χ4n) is 5.24. The van der Waals surface area contributed by atoms with Gasteiger partial charge in [0.15, 0.2) is 17.5 Å². The Morgan fingerprint density at radius 3 is 1.66 bits per heavy atom. The number of aromatic nitrogens is 4. The second-order valence-electron chi connectivity index (χ2n) is 9.97. The van der Waals surface area contributed by atoms with Gasteiger partial charge in [0.05, 0.1) is 10.2 Å². The van der Waals surface area contributed by atoms with Gasteiger partial charge in [0.1, 0.15) is 5.01 Å². The first-order chi connectivity index (χ1) is 20.3. The number of nitrogens with zero attached hydrogens (tertiary/aromatic N) is 4. The van der Waals surface area contributed by atoms with Crippen LogP contribution in [0.1, 0.15) is 0 Å². The molecule has 0 saturated heterocycles. The van der Waals surface area contributed by atoms with E-state index in [4.69, 9.17) is 19.9 Å². The molecule has 6 aromatic carbocycles. The first-order valence-corrected chi connectivity index (χ1v) is 14.3. The molecule has 8 rings (SSSR count). The maximum absolute atomic E-state index is 5.11. The highest BCUT2D eigenvalue weighted by molar-refractivity contribution is 7.21. The van der Waals surface area contributed by atoms with Crippen molar-refractivity contribution in [2.24, 2.45) is 0 Å². The quantitative estimate of drug-likeness (QED) is 0.222. The predicted molar refractivity (Wildman–Crippen MR) is 170 cm³/mol. The molecule has 4 nitrogen and oxygen atoms in total. The lowest BCUT2D eigenvalue weighted by Gasteiger charge is -2.09. The highest BCUT2D eigenvalue weighted by atomic mass is 32.1. The molecule has 0 spiro atoms. The van der Waals surface area contributed by atoms with Crippen LogP contribution in [-0.2, 0) is 0 Å². The van der Waals surface area contributed by atoms with E-state index in [-0.39, 0.29) is 0 Å². The summed E-state index contributed by atoms with van der Waals surface area (Å²) in [6, 6.07) is 45.8. The first kappa shape index (κ1) is 23.6. The lowest BCUT2D eigenvalue weighted by molar-refractivity contribution is 1.07. The van der Waals surface area contributed by atoms with E-state index < -0.39 is 0 Å². The minimum Gasteiger partial charge on any atom is -0.235 e. The summed E-state index contributed by atoms with van der Waals surface area (Å²) >= 11 is 1.73. The van der Waals surface area contributed by atoms with Gasteiger partial charge in [-0.1, -0.05) is 115 Å². The van der Waals surface area contributed by atoms with Crippen LogP contribution in [0, 0.1) is 0 Å². The van der Waals surface area contributed by atoms with Gasteiger partial charge in [0, 0.05) is 27.6 Å². The maximum atomic E-state index is 5.11. The molecule has 0 aliphatic rings. The van der Waals surface area contributed by atoms with E-state index in [1.165, 1.54) is 15.5 Å². The largest absolute Gasteiger partial charge is 0.235 e. The second kappa shape index (κ2) is 9.73. The van der Waals surface area contributed by atoms with E-state index in [0.29, 0.717) is 17.5 Å². The zero-order valence-corrected chi connectivity index (χ0v) is 22.7. The monoisotopic (exact) mass is 542 g/mol. The Balaban J connectivity index is 1.24. The first-order valence-electron chi connectivity index (χ1n) is 13.5. The van der Waals surface area contributed by atoms with Crippen LogP contribution in [0.3, 0.4) is 0 Å². The lowest BCUT2D eigenvalue weighted by Crippen LogP contribution is -2.00. The van der Waals surface area contributed by atoms with Crippen LogP contribution >= 0.6 is 11.3 Å². The summed E-state index contributed by atoms with van der Waals surface area (Å²) in [5, 5.41) is 5.71. The van der Waals surface area contributed by atoms with Crippen molar-refractivity contribution in [3.63, 3.8) is 0 Å². The molecule has 8 aromatic rings. The minimum atomic E-state index is 0.648. The van der Waals surface area contributed by atoms with Gasteiger partial charge in [-0.2, -0.15) is 0 Å². The molecular formula is C36H22N4S. The summed E-state index contributed by atoms with van der Waals surface area (Å²) in [6.45, 7) is 0. The minimum absolute atomic E-state index is 0.648. The third-order valence-corrected chi connectivity index (χ3v) is 8.40. The maximum Gasteiger partial charge on any atom is 0.164 e. The number of hydrogen-bond acceptors (Lipinski definition) is 5. The number of fused-ring (bicyclic) bond motifs is 4. The third kappa shape index (κ3) is 4.33. The van der Waals surface area contributed by atoms with Gasteiger partial charge in [0.2, 0.25) is 0 Å². The second-order valence-corrected chi connectivity index (χ2v) is 11.0. The fourth-order valence-corrected chi connectivity index (χ4v) is 6.22. The highest BCUT2D eigenvalue weighted by Gasteiger charge is 2.14. The summed E-state index contributed by atoms with van der Waals surface area (Å²) in [6.07, 6.45) is 0. The van der Waals surface area contributed by atoms with Gasteiger partial charge in [-0.3, -0.25) is 0 Å². The molecule has 5 heteroatoms. The molecule has 0 N–H and O–H groups in total. The molecule has 0 atom stereocenters. The van der Waals surface area contributed by atoms with E-state index in [0.717, 1.165) is 43.6 Å². The Morgan fingerprint density at radius 2 is 0.951 bits per heavy atom. The van der Waals surface area contributed by atoms with Crippen LogP contribution < -0.4 is 0 Å². The number of benzene rings is 6. The Bertz CT molecular complexity index is 2150. The number of rotatable bonds is 4. The average molecular weight is 543 g/mol. The molecule has 0 unspecified atom stereocenters. The number of hydrogen-bond donors (Lipinski definition) is 0. The van der Waals surface area contributed by atoms with Crippen molar-refractivity contribution in [2.75, 3.05) is 0 Å². The summed E-state index contributed by atoms with van der Waals surface area (Å²) in [5.41, 5.74) is 5.02. The fraction of sp³-hybridized carbons (Fsp3) is 0. The molecule has 41 heavy (non-hydrogen) atoms. The van der Waals surface area contributed by atoms with Gasteiger partial charge >= 0.3 is 0 Å². The Hall–Kier alpha value is -5.26. The van der Waals surface area contributed by atoms with Crippen molar-refractivity contribution < 1.29 is 0 Å². The van der Waals surface area contributed by atoms with Gasteiger partial charge < -0.3 is 0 Å². The van der Waals surface area contributed by atoms with Gasteiger partial charge in [0.25, 0.3) is 0 Å². The normalized spacial score (nSPS) is 11.4. The van der Waals surface area contributed by atoms with Crippen LogP contribution in [0.2, 0.25) is 0 Å².